The molecule has 0 radical (unpaired) electrons. The summed E-state index contributed by atoms with van der Waals surface area (Å²) in [7, 11) is -4.96. The fourth-order valence-corrected chi connectivity index (χ4v) is 5.37. The number of aryl methyl sites for hydroxylation is 1. The molecule has 39 heavy (non-hydrogen) atoms. The van der Waals surface area contributed by atoms with Crippen LogP contribution in [0.4, 0.5) is 5.82 Å². The minimum absolute atomic E-state index is 0. The fourth-order valence-electron chi connectivity index (χ4n) is 4.42. The largest absolute Gasteiger partial charge is 1.00 e. The first-order valence-corrected chi connectivity index (χ1v) is 13.0. The van der Waals surface area contributed by atoms with E-state index in [9.17, 15) is 29.3 Å². The molecule has 0 aromatic carbocycles. The molecule has 2 aliphatic heterocycles. The van der Waals surface area contributed by atoms with Crippen molar-refractivity contribution in [3.8, 4) is 0 Å². The molecule has 5 heterocycles. The summed E-state index contributed by atoms with van der Waals surface area (Å²) in [5.74, 6) is 0.162. The van der Waals surface area contributed by atoms with E-state index < -0.39 is 69.2 Å². The first-order chi connectivity index (χ1) is 18.1. The van der Waals surface area contributed by atoms with E-state index in [4.69, 9.17) is 24.3 Å². The number of nitrogens with two attached hydrogens (primary N) is 1. The second-order valence-electron chi connectivity index (χ2n) is 8.93. The maximum Gasteiger partial charge on any atom is 1.00 e. The third-order valence-electron chi connectivity index (χ3n) is 6.38. The molecule has 0 spiro atoms. The van der Waals surface area contributed by atoms with Gasteiger partial charge in [0, 0.05) is 24.6 Å². The van der Waals surface area contributed by atoms with Crippen molar-refractivity contribution in [1.29, 1.82) is 0 Å². The minimum Gasteiger partial charge on any atom is -0.756 e. The molecule has 0 amide bonds. The number of aromatic amines is 1. The molecular weight excluding hydrogens is 552 g/mol. The van der Waals surface area contributed by atoms with Crippen LogP contribution in [0.2, 0.25) is 0 Å². The van der Waals surface area contributed by atoms with E-state index in [0.29, 0.717) is 11.2 Å². The molecule has 2 fully saturated rings. The van der Waals surface area contributed by atoms with Crippen molar-refractivity contribution in [2.24, 2.45) is 0 Å². The number of rotatable bonds is 8. The molecule has 5 N–H and O–H groups in total. The molecule has 0 aliphatic carbocycles. The van der Waals surface area contributed by atoms with E-state index in [1.165, 1.54) is 30.3 Å². The van der Waals surface area contributed by atoms with Crippen molar-refractivity contribution in [2.75, 3.05) is 18.9 Å². The summed E-state index contributed by atoms with van der Waals surface area (Å²) in [6, 6.07) is 0. The summed E-state index contributed by atoms with van der Waals surface area (Å²) >= 11 is 0. The van der Waals surface area contributed by atoms with Gasteiger partial charge in [-0.15, -0.1) is 0 Å². The average Bonchev–Trinajstić information content (AvgIpc) is 3.57. The van der Waals surface area contributed by atoms with Crippen LogP contribution in [0, 0.1) is 6.92 Å². The first kappa shape index (κ1) is 30.0. The Morgan fingerprint density at radius 3 is 2.67 bits per heavy atom. The number of hydrogen-bond acceptors (Lipinski definition) is 14. The smallest absolute Gasteiger partial charge is 0.756 e. The molecule has 17 nitrogen and oxygen atoms in total. The minimum atomic E-state index is -4.96. The van der Waals surface area contributed by atoms with Gasteiger partial charge in [0.05, 0.1) is 31.7 Å². The number of phosphoric ester groups is 1. The van der Waals surface area contributed by atoms with Crippen LogP contribution in [0.15, 0.2) is 28.4 Å². The van der Waals surface area contributed by atoms with Crippen LogP contribution in [-0.2, 0) is 23.1 Å². The van der Waals surface area contributed by atoms with Gasteiger partial charge in [-0.3, -0.25) is 23.5 Å². The molecule has 5 rings (SSSR count). The summed E-state index contributed by atoms with van der Waals surface area (Å²) < 4.78 is 36.8. The summed E-state index contributed by atoms with van der Waals surface area (Å²) in [6.07, 6.45) is -2.16. The first-order valence-electron chi connectivity index (χ1n) is 11.5. The van der Waals surface area contributed by atoms with E-state index in [-0.39, 0.29) is 53.8 Å². The van der Waals surface area contributed by atoms with Crippen LogP contribution >= 0.6 is 7.82 Å². The predicted octanol–water partition coefficient (Wildman–Crippen LogP) is -4.93. The summed E-state index contributed by atoms with van der Waals surface area (Å²) in [6.45, 7) is 0.365. The number of nitrogens with zero attached hydrogens (tertiary/aromatic N) is 5. The maximum atomic E-state index is 12.6. The van der Waals surface area contributed by atoms with Crippen molar-refractivity contribution in [3.63, 3.8) is 0 Å². The van der Waals surface area contributed by atoms with Gasteiger partial charge in [0.1, 0.15) is 36.5 Å². The number of aromatic nitrogens is 6. The van der Waals surface area contributed by atoms with E-state index in [0.717, 1.165) is 4.57 Å². The number of aliphatic hydroxyl groups is 2. The number of imidazole rings is 1. The molecule has 206 valence electrons. The molecule has 3 aromatic rings. The van der Waals surface area contributed by atoms with Gasteiger partial charge in [-0.05, 0) is 6.92 Å². The predicted molar refractivity (Wildman–Crippen MR) is 124 cm³/mol. The number of nitrogen functional groups attached to an aromatic ring is 1. The Balaban J connectivity index is 0.00000353. The Hall–Kier alpha value is -2.02. The Morgan fingerprint density at radius 2 is 1.92 bits per heavy atom. The molecule has 3 aromatic heterocycles. The van der Waals surface area contributed by atoms with Gasteiger partial charge in [0.25, 0.3) is 13.4 Å². The van der Waals surface area contributed by atoms with Gasteiger partial charge in [-0.1, -0.05) is 0 Å². The number of hydrogen-bond donors (Lipinski definition) is 4. The molecular formula is C20H25N7NaO10P. The molecule has 0 bridgehead atoms. The van der Waals surface area contributed by atoms with Crippen LogP contribution in [-0.4, -0.2) is 76.9 Å². The van der Waals surface area contributed by atoms with Crippen LogP contribution in [0.5, 0.6) is 0 Å². The number of H-pyrrole nitrogens is 1. The normalized spacial score (nSPS) is 28.4. The monoisotopic (exact) mass is 577 g/mol. The number of aliphatic hydroxyl groups excluding tert-OH is 2. The van der Waals surface area contributed by atoms with Gasteiger partial charge < -0.3 is 39.4 Å². The number of fused-ring (bicyclic) bond motifs is 1. The third kappa shape index (κ3) is 6.18. The maximum absolute atomic E-state index is 12.6. The van der Waals surface area contributed by atoms with E-state index in [2.05, 4.69) is 19.9 Å². The Kier molecular flexibility index (Phi) is 9.09. The fraction of sp³-hybridized carbons (Fsp3) is 0.550. The Morgan fingerprint density at radius 1 is 1.21 bits per heavy atom. The Bertz CT molecular complexity index is 1500. The Labute approximate surface area is 241 Å². The van der Waals surface area contributed by atoms with Gasteiger partial charge in [0.15, 0.2) is 11.5 Å². The number of phosphoric acid groups is 1. The molecule has 2 saturated heterocycles. The zero-order valence-electron chi connectivity index (χ0n) is 20.9. The van der Waals surface area contributed by atoms with Crippen molar-refractivity contribution in [3.05, 3.63) is 45.3 Å². The zero-order valence-corrected chi connectivity index (χ0v) is 23.8. The topological polar surface area (TPSA) is 242 Å². The molecule has 7 atom stereocenters. The standard InChI is InChI=1S/C20H26N7O10P.Na/c1-9-4-26(20(31)25-19(9)30)14-2-10(29)13(36-14)6-34-38(32,33)37-11-3-15(35-12(11)5-28)27-8-24-16-17(21)22-7-23-18(16)27;/h4,7-8,10-15,28-29H,2-3,5-6H2,1H3,(H,32,33)(H2,21,22,23)(H,25,30,31);/q;+1/p-1/t10-,11-,12-,13-,14-,15-;/m1./s1. The molecule has 19 heteroatoms. The van der Waals surface area contributed by atoms with Crippen LogP contribution in [0.3, 0.4) is 0 Å². The SMILES string of the molecule is Cc1cn([C@H]2C[C@@H](O)[C@@H](COP(=O)([O-])O[C@@H]3C[C@H](n4cnc5c(N)ncnc54)O[C@@H]3CO)O2)c(=O)[nH]c1=O.[Na+]. The van der Waals surface area contributed by atoms with Crippen molar-refractivity contribution < 1.29 is 67.8 Å². The van der Waals surface area contributed by atoms with Crippen molar-refractivity contribution >= 4 is 24.8 Å². The van der Waals surface area contributed by atoms with Gasteiger partial charge in [-0.25, -0.2) is 19.7 Å². The quantitative estimate of drug-likeness (QED) is 0.145. The third-order valence-corrected chi connectivity index (χ3v) is 7.37. The number of nitrogens with one attached hydrogen (secondary N) is 1. The second kappa shape index (κ2) is 11.8. The van der Waals surface area contributed by atoms with Crippen LogP contribution in [0.1, 0.15) is 30.9 Å². The van der Waals surface area contributed by atoms with E-state index >= 15 is 0 Å². The second-order valence-corrected chi connectivity index (χ2v) is 10.3. The van der Waals surface area contributed by atoms with E-state index in [1.807, 2.05) is 0 Å². The zero-order chi connectivity index (χ0) is 27.2. The van der Waals surface area contributed by atoms with Gasteiger partial charge in [0.2, 0.25) is 0 Å². The molecule has 1 unspecified atom stereocenters. The number of anilines is 1. The van der Waals surface area contributed by atoms with Crippen molar-refractivity contribution in [2.45, 2.75) is 56.6 Å². The van der Waals surface area contributed by atoms with Gasteiger partial charge in [-0.2, -0.15) is 0 Å². The van der Waals surface area contributed by atoms with Crippen LogP contribution < -0.4 is 51.4 Å². The average molecular weight is 577 g/mol. The van der Waals surface area contributed by atoms with Crippen LogP contribution in [0.25, 0.3) is 11.2 Å². The summed E-state index contributed by atoms with van der Waals surface area (Å²) in [5.41, 5.74) is 5.48. The van der Waals surface area contributed by atoms with E-state index in [1.54, 1.807) is 0 Å². The van der Waals surface area contributed by atoms with Gasteiger partial charge >= 0.3 is 35.2 Å². The number of ether oxygens (including phenoxy) is 2. The molecule has 2 aliphatic rings. The summed E-state index contributed by atoms with van der Waals surface area (Å²) in [4.78, 5) is 50.6. The van der Waals surface area contributed by atoms with Crippen molar-refractivity contribution in [1.82, 2.24) is 29.1 Å². The summed E-state index contributed by atoms with van der Waals surface area (Å²) in [5, 5.41) is 20.1. The molecule has 0 saturated carbocycles.